The van der Waals surface area contributed by atoms with Gasteiger partial charge in [0.15, 0.2) is 0 Å². The largest absolute Gasteiger partial charge is 0.573 e. The van der Waals surface area contributed by atoms with Gasteiger partial charge >= 0.3 is 6.36 Å². The summed E-state index contributed by atoms with van der Waals surface area (Å²) < 4.78 is 46.3. The van der Waals surface area contributed by atoms with Crippen LogP contribution in [-0.2, 0) is 0 Å². The minimum Gasteiger partial charge on any atom is -0.494 e. The van der Waals surface area contributed by atoms with Crippen molar-refractivity contribution in [3.8, 4) is 22.6 Å². The van der Waals surface area contributed by atoms with E-state index in [1.165, 1.54) is 37.6 Å². The van der Waals surface area contributed by atoms with E-state index in [-0.39, 0.29) is 16.5 Å². The summed E-state index contributed by atoms with van der Waals surface area (Å²) in [5.74, 6) is -0.0341. The van der Waals surface area contributed by atoms with E-state index >= 15 is 0 Å². The van der Waals surface area contributed by atoms with Gasteiger partial charge in [0.25, 0.3) is 0 Å². The van der Waals surface area contributed by atoms with Gasteiger partial charge in [0.2, 0.25) is 0 Å². The van der Waals surface area contributed by atoms with Crippen LogP contribution in [0.15, 0.2) is 36.5 Å². The molecule has 0 aliphatic rings. The maximum absolute atomic E-state index is 12.4. The predicted molar refractivity (Wildman–Crippen MR) is 67.9 cm³/mol. The summed E-state index contributed by atoms with van der Waals surface area (Å²) in [4.78, 5) is 3.82. The number of hydrogen-bond acceptors (Lipinski definition) is 3. The van der Waals surface area contributed by atoms with Gasteiger partial charge in [-0.25, -0.2) is 4.98 Å². The van der Waals surface area contributed by atoms with Gasteiger partial charge < -0.3 is 9.47 Å². The van der Waals surface area contributed by atoms with Crippen molar-refractivity contribution in [1.29, 1.82) is 0 Å². The molecule has 0 aliphatic heterocycles. The number of aromatic nitrogens is 1. The molecular formula is C13H9ClF3NO2. The van der Waals surface area contributed by atoms with Gasteiger partial charge in [-0.15, -0.1) is 13.2 Å². The quantitative estimate of drug-likeness (QED) is 0.792. The molecule has 0 amide bonds. The molecule has 20 heavy (non-hydrogen) atoms. The van der Waals surface area contributed by atoms with Gasteiger partial charge in [-0.05, 0) is 12.1 Å². The highest BCUT2D eigenvalue weighted by atomic mass is 35.5. The molecule has 0 saturated heterocycles. The van der Waals surface area contributed by atoms with E-state index in [0.717, 1.165) is 0 Å². The van der Waals surface area contributed by atoms with E-state index < -0.39 is 6.36 Å². The third kappa shape index (κ3) is 3.33. The van der Waals surface area contributed by atoms with Crippen molar-refractivity contribution in [2.45, 2.75) is 6.36 Å². The molecule has 7 heteroatoms. The summed E-state index contributed by atoms with van der Waals surface area (Å²) in [6, 6.07) is 7.15. The van der Waals surface area contributed by atoms with E-state index in [1.54, 1.807) is 6.07 Å². The summed E-state index contributed by atoms with van der Waals surface area (Å²) in [5.41, 5.74) is 0.582. The van der Waals surface area contributed by atoms with Crippen LogP contribution in [0, 0.1) is 0 Å². The number of benzene rings is 1. The topological polar surface area (TPSA) is 31.4 Å². The Morgan fingerprint density at radius 1 is 1.10 bits per heavy atom. The van der Waals surface area contributed by atoms with Crippen LogP contribution in [0.3, 0.4) is 0 Å². The van der Waals surface area contributed by atoms with Crippen LogP contribution in [-0.4, -0.2) is 18.5 Å². The van der Waals surface area contributed by atoms with Crippen LogP contribution in [0.2, 0.25) is 5.15 Å². The first-order valence-corrected chi connectivity index (χ1v) is 5.83. The molecule has 1 aromatic carbocycles. The summed E-state index contributed by atoms with van der Waals surface area (Å²) >= 11 is 5.78. The smallest absolute Gasteiger partial charge is 0.494 e. The second-order valence-electron chi connectivity index (χ2n) is 3.75. The normalized spacial score (nSPS) is 11.2. The van der Waals surface area contributed by atoms with E-state index in [9.17, 15) is 13.2 Å². The van der Waals surface area contributed by atoms with Gasteiger partial charge in [0.1, 0.15) is 16.7 Å². The first kappa shape index (κ1) is 14.5. The minimum absolute atomic E-state index is 0.141. The molecule has 0 N–H and O–H groups in total. The number of rotatable bonds is 3. The van der Waals surface area contributed by atoms with Crippen LogP contribution in [0.1, 0.15) is 0 Å². The third-order valence-corrected chi connectivity index (χ3v) is 2.66. The fraction of sp³-hybridized carbons (Fsp3) is 0.154. The number of hydrogen-bond donors (Lipinski definition) is 0. The second kappa shape index (κ2) is 5.58. The molecular weight excluding hydrogens is 295 g/mol. The summed E-state index contributed by atoms with van der Waals surface area (Å²) in [6.45, 7) is 0. The first-order chi connectivity index (χ1) is 9.40. The van der Waals surface area contributed by atoms with Crippen molar-refractivity contribution in [2.75, 3.05) is 7.11 Å². The predicted octanol–water partition coefficient (Wildman–Crippen LogP) is 4.31. The number of nitrogens with zero attached hydrogens (tertiary/aromatic N) is 1. The van der Waals surface area contributed by atoms with Gasteiger partial charge in [0, 0.05) is 11.1 Å². The highest BCUT2D eigenvalue weighted by molar-refractivity contribution is 6.29. The average Bonchev–Trinajstić information content (AvgIpc) is 2.37. The summed E-state index contributed by atoms with van der Waals surface area (Å²) in [7, 11) is 1.39. The van der Waals surface area contributed by atoms with Crippen LogP contribution in [0.5, 0.6) is 11.5 Å². The second-order valence-corrected chi connectivity index (χ2v) is 4.14. The van der Waals surface area contributed by atoms with Crippen LogP contribution in [0.4, 0.5) is 13.2 Å². The molecule has 0 saturated carbocycles. The van der Waals surface area contributed by atoms with Gasteiger partial charge in [-0.3, -0.25) is 0 Å². The number of ether oxygens (including phenoxy) is 2. The molecule has 106 valence electrons. The van der Waals surface area contributed by atoms with Crippen molar-refractivity contribution in [3.05, 3.63) is 41.7 Å². The van der Waals surface area contributed by atoms with E-state index in [2.05, 4.69) is 9.72 Å². The highest BCUT2D eigenvalue weighted by Crippen LogP contribution is 2.38. The number of halogens is 4. The average molecular weight is 304 g/mol. The molecule has 1 heterocycles. The van der Waals surface area contributed by atoms with Gasteiger partial charge in [-0.2, -0.15) is 0 Å². The van der Waals surface area contributed by atoms with Crippen molar-refractivity contribution in [1.82, 2.24) is 4.98 Å². The maximum Gasteiger partial charge on any atom is 0.573 e. The lowest BCUT2D eigenvalue weighted by molar-refractivity contribution is -0.274. The fourth-order valence-corrected chi connectivity index (χ4v) is 1.85. The zero-order chi connectivity index (χ0) is 14.8. The Morgan fingerprint density at radius 2 is 1.80 bits per heavy atom. The molecule has 0 bridgehead atoms. The highest BCUT2D eigenvalue weighted by Gasteiger charge is 2.32. The Hall–Kier alpha value is -1.95. The molecule has 3 nitrogen and oxygen atoms in total. The fourth-order valence-electron chi connectivity index (χ4n) is 1.69. The lowest BCUT2D eigenvalue weighted by atomic mass is 10.1. The summed E-state index contributed by atoms with van der Waals surface area (Å²) in [6.07, 6.45) is -3.44. The number of pyridine rings is 1. The summed E-state index contributed by atoms with van der Waals surface area (Å²) in [5, 5.41) is 0.141. The van der Waals surface area contributed by atoms with Crippen LogP contribution < -0.4 is 9.47 Å². The van der Waals surface area contributed by atoms with Crippen LogP contribution in [0.25, 0.3) is 11.1 Å². The molecule has 0 fully saturated rings. The molecule has 2 aromatic rings. The Labute approximate surface area is 117 Å². The molecule has 1 aromatic heterocycles. The van der Waals surface area contributed by atoms with E-state index in [1.807, 2.05) is 0 Å². The Kier molecular flexibility index (Phi) is 4.04. The van der Waals surface area contributed by atoms with Gasteiger partial charge in [-0.1, -0.05) is 29.8 Å². The van der Waals surface area contributed by atoms with Crippen LogP contribution >= 0.6 is 11.6 Å². The molecule has 0 radical (unpaired) electrons. The Balaban J connectivity index is 2.55. The lowest BCUT2D eigenvalue weighted by Gasteiger charge is -2.15. The number of methoxy groups -OCH3 is 1. The minimum atomic E-state index is -4.78. The first-order valence-electron chi connectivity index (χ1n) is 5.45. The van der Waals surface area contributed by atoms with Crippen molar-refractivity contribution < 1.29 is 22.6 Å². The molecule has 0 unspecified atom stereocenters. The maximum atomic E-state index is 12.4. The lowest BCUT2D eigenvalue weighted by Crippen LogP contribution is -2.17. The van der Waals surface area contributed by atoms with Crippen molar-refractivity contribution in [3.63, 3.8) is 0 Å². The zero-order valence-corrected chi connectivity index (χ0v) is 11.0. The molecule has 0 atom stereocenters. The van der Waals surface area contributed by atoms with Gasteiger partial charge in [0.05, 0.1) is 13.3 Å². The van der Waals surface area contributed by atoms with Crippen molar-refractivity contribution >= 4 is 11.6 Å². The SMILES string of the molecule is COc1cnc(Cl)cc1-c1ccccc1OC(F)(F)F. The molecule has 2 rings (SSSR count). The standard InChI is InChI=1S/C13H9ClF3NO2/c1-19-11-7-18-12(14)6-9(11)8-4-2-3-5-10(8)20-13(15,16)17/h2-7H,1H3. The zero-order valence-electron chi connectivity index (χ0n) is 10.2. The van der Waals surface area contributed by atoms with E-state index in [0.29, 0.717) is 11.3 Å². The number of para-hydroxylation sites is 1. The monoisotopic (exact) mass is 303 g/mol. The molecule has 0 spiro atoms. The number of alkyl halides is 3. The third-order valence-electron chi connectivity index (χ3n) is 2.46. The molecule has 0 aliphatic carbocycles. The van der Waals surface area contributed by atoms with Crippen molar-refractivity contribution in [2.24, 2.45) is 0 Å². The Bertz CT molecular complexity index is 617. The van der Waals surface area contributed by atoms with E-state index in [4.69, 9.17) is 16.3 Å². The Morgan fingerprint density at radius 3 is 2.45 bits per heavy atom.